The van der Waals surface area contributed by atoms with Crippen molar-refractivity contribution < 1.29 is 0 Å². The summed E-state index contributed by atoms with van der Waals surface area (Å²) in [5, 5.41) is 0. The summed E-state index contributed by atoms with van der Waals surface area (Å²) in [4.78, 5) is 0. The molecule has 0 fully saturated rings. The van der Waals surface area contributed by atoms with Gasteiger partial charge in [-0.2, -0.15) is 0 Å². The predicted octanol–water partition coefficient (Wildman–Crippen LogP) is 2.47. The molecule has 1 aliphatic rings. The first-order chi connectivity index (χ1) is 5.00. The number of hydrogen-bond donors (Lipinski definition) is 1. The van der Waals surface area contributed by atoms with Crippen LogP contribution in [-0.4, -0.2) is 6.04 Å². The van der Waals surface area contributed by atoms with E-state index in [1.807, 2.05) is 0 Å². The van der Waals surface area contributed by atoms with E-state index in [1.165, 1.54) is 12.8 Å². The first kappa shape index (κ1) is 8.79. The second kappa shape index (κ2) is 2.98. The minimum Gasteiger partial charge on any atom is -0.327 e. The van der Waals surface area contributed by atoms with Crippen LogP contribution in [0.4, 0.5) is 0 Å². The van der Waals surface area contributed by atoms with Gasteiger partial charge in [-0.3, -0.25) is 0 Å². The van der Waals surface area contributed by atoms with Crippen molar-refractivity contribution in [3.63, 3.8) is 0 Å². The summed E-state index contributed by atoms with van der Waals surface area (Å²) in [6.07, 6.45) is 5.77. The molecule has 1 atom stereocenters. The van der Waals surface area contributed by atoms with Gasteiger partial charge in [-0.25, -0.2) is 0 Å². The molecule has 2 N–H and O–H groups in total. The van der Waals surface area contributed by atoms with Crippen molar-refractivity contribution in [2.75, 3.05) is 0 Å². The van der Waals surface area contributed by atoms with E-state index >= 15 is 0 Å². The Kier molecular flexibility index (Phi) is 2.38. The maximum atomic E-state index is 5.80. The van der Waals surface area contributed by atoms with Gasteiger partial charge in [0, 0.05) is 6.04 Å². The molecule has 1 heteroatoms. The van der Waals surface area contributed by atoms with Crippen LogP contribution >= 0.6 is 0 Å². The highest BCUT2D eigenvalue weighted by molar-refractivity contribution is 5.14. The fourth-order valence-electron chi connectivity index (χ4n) is 1.54. The summed E-state index contributed by atoms with van der Waals surface area (Å²) in [7, 11) is 0. The second-order valence-electron chi connectivity index (χ2n) is 4.51. The quantitative estimate of drug-likeness (QED) is 0.531. The number of rotatable bonds is 0. The normalized spacial score (nSPS) is 26.5. The highest BCUT2D eigenvalue weighted by Gasteiger charge is 2.20. The molecule has 0 bridgehead atoms. The van der Waals surface area contributed by atoms with Crippen LogP contribution in [-0.2, 0) is 0 Å². The molecule has 0 aromatic carbocycles. The Labute approximate surface area is 69.7 Å². The molecule has 0 aliphatic heterocycles. The third-order valence-electron chi connectivity index (χ3n) is 2.41. The zero-order chi connectivity index (χ0) is 8.48. The van der Waals surface area contributed by atoms with Gasteiger partial charge in [-0.05, 0) is 24.7 Å². The zero-order valence-electron chi connectivity index (χ0n) is 7.85. The van der Waals surface area contributed by atoms with Crippen molar-refractivity contribution in [1.29, 1.82) is 0 Å². The van der Waals surface area contributed by atoms with E-state index in [2.05, 4.69) is 26.8 Å². The molecular weight excluding hydrogens is 134 g/mol. The monoisotopic (exact) mass is 153 g/mol. The van der Waals surface area contributed by atoms with Gasteiger partial charge in [0.05, 0.1) is 0 Å². The average Bonchev–Trinajstić information content (AvgIpc) is 1.86. The van der Waals surface area contributed by atoms with Gasteiger partial charge < -0.3 is 5.73 Å². The summed E-state index contributed by atoms with van der Waals surface area (Å²) in [5.41, 5.74) is 7.74. The van der Waals surface area contributed by atoms with Crippen molar-refractivity contribution in [3.8, 4) is 0 Å². The number of nitrogens with two attached hydrogens (primary N) is 1. The standard InChI is InChI=1S/C10H19N/c1-10(2,3)8-4-6-9(11)7-5-8/h4,9H,5-7,11H2,1-3H3/t9-/m0/s1. The smallest absolute Gasteiger partial charge is 0.00765 e. The van der Waals surface area contributed by atoms with E-state index < -0.39 is 0 Å². The molecule has 0 saturated carbocycles. The molecule has 64 valence electrons. The summed E-state index contributed by atoms with van der Waals surface area (Å²) in [6, 6.07) is 0.418. The second-order valence-corrected chi connectivity index (χ2v) is 4.51. The summed E-state index contributed by atoms with van der Waals surface area (Å²) < 4.78 is 0. The Morgan fingerprint density at radius 3 is 2.45 bits per heavy atom. The maximum Gasteiger partial charge on any atom is 0.00765 e. The topological polar surface area (TPSA) is 26.0 Å². The average molecular weight is 153 g/mol. The fraction of sp³-hybridized carbons (Fsp3) is 0.800. The fourth-order valence-corrected chi connectivity index (χ4v) is 1.54. The Morgan fingerprint density at radius 2 is 2.09 bits per heavy atom. The Bertz CT molecular complexity index is 162. The molecule has 0 aromatic rings. The van der Waals surface area contributed by atoms with Crippen molar-refractivity contribution >= 4 is 0 Å². The molecule has 0 spiro atoms. The van der Waals surface area contributed by atoms with E-state index in [0.717, 1.165) is 6.42 Å². The lowest BCUT2D eigenvalue weighted by Crippen LogP contribution is -2.24. The molecule has 1 aliphatic carbocycles. The Balaban J connectivity index is 2.62. The first-order valence-corrected chi connectivity index (χ1v) is 4.45. The van der Waals surface area contributed by atoms with E-state index in [1.54, 1.807) is 5.57 Å². The molecule has 0 aromatic heterocycles. The molecule has 0 unspecified atom stereocenters. The van der Waals surface area contributed by atoms with Crippen molar-refractivity contribution in [3.05, 3.63) is 11.6 Å². The summed E-state index contributed by atoms with van der Waals surface area (Å²) in [5.74, 6) is 0. The summed E-state index contributed by atoms with van der Waals surface area (Å²) in [6.45, 7) is 6.82. The lowest BCUT2D eigenvalue weighted by atomic mass is 9.79. The molecule has 0 amide bonds. The molecule has 0 radical (unpaired) electrons. The Hall–Kier alpha value is -0.300. The van der Waals surface area contributed by atoms with Crippen LogP contribution in [0.25, 0.3) is 0 Å². The van der Waals surface area contributed by atoms with Crippen molar-refractivity contribution in [2.45, 2.75) is 46.1 Å². The van der Waals surface area contributed by atoms with Gasteiger partial charge in [-0.15, -0.1) is 0 Å². The SMILES string of the molecule is CC(C)(C)C1=CC[C@H](N)CC1. The third-order valence-corrected chi connectivity index (χ3v) is 2.41. The van der Waals surface area contributed by atoms with Crippen LogP contribution in [0.3, 0.4) is 0 Å². The van der Waals surface area contributed by atoms with E-state index in [0.29, 0.717) is 11.5 Å². The minimum atomic E-state index is 0.361. The van der Waals surface area contributed by atoms with Crippen molar-refractivity contribution in [1.82, 2.24) is 0 Å². The molecule has 0 saturated heterocycles. The largest absolute Gasteiger partial charge is 0.327 e. The van der Waals surface area contributed by atoms with Gasteiger partial charge in [0.25, 0.3) is 0 Å². The van der Waals surface area contributed by atoms with Crippen LogP contribution in [0.1, 0.15) is 40.0 Å². The maximum absolute atomic E-state index is 5.80. The van der Waals surface area contributed by atoms with Crippen LogP contribution < -0.4 is 5.73 Å². The number of hydrogen-bond acceptors (Lipinski definition) is 1. The van der Waals surface area contributed by atoms with E-state index in [9.17, 15) is 0 Å². The van der Waals surface area contributed by atoms with Crippen LogP contribution in [0.15, 0.2) is 11.6 Å². The highest BCUT2D eigenvalue weighted by Crippen LogP contribution is 2.32. The lowest BCUT2D eigenvalue weighted by Gasteiger charge is -2.28. The minimum absolute atomic E-state index is 0.361. The van der Waals surface area contributed by atoms with Gasteiger partial charge in [0.1, 0.15) is 0 Å². The molecule has 11 heavy (non-hydrogen) atoms. The first-order valence-electron chi connectivity index (χ1n) is 4.45. The van der Waals surface area contributed by atoms with Crippen LogP contribution in [0.2, 0.25) is 0 Å². The summed E-state index contributed by atoms with van der Waals surface area (Å²) >= 11 is 0. The Morgan fingerprint density at radius 1 is 1.45 bits per heavy atom. The van der Waals surface area contributed by atoms with Crippen LogP contribution in [0, 0.1) is 5.41 Å². The molecule has 0 heterocycles. The number of allylic oxidation sites excluding steroid dienone is 1. The van der Waals surface area contributed by atoms with Crippen molar-refractivity contribution in [2.24, 2.45) is 11.1 Å². The van der Waals surface area contributed by atoms with Gasteiger partial charge in [-0.1, -0.05) is 32.4 Å². The highest BCUT2D eigenvalue weighted by atomic mass is 14.6. The van der Waals surface area contributed by atoms with Gasteiger partial charge >= 0.3 is 0 Å². The molecular formula is C10H19N. The third kappa shape index (κ3) is 2.33. The van der Waals surface area contributed by atoms with Gasteiger partial charge in [0.2, 0.25) is 0 Å². The van der Waals surface area contributed by atoms with Gasteiger partial charge in [0.15, 0.2) is 0 Å². The lowest BCUT2D eigenvalue weighted by molar-refractivity contribution is 0.444. The molecule has 1 rings (SSSR count). The predicted molar refractivity (Wildman–Crippen MR) is 49.4 cm³/mol. The van der Waals surface area contributed by atoms with E-state index in [4.69, 9.17) is 5.73 Å². The molecule has 1 nitrogen and oxygen atoms in total. The van der Waals surface area contributed by atoms with E-state index in [-0.39, 0.29) is 0 Å². The van der Waals surface area contributed by atoms with Crippen LogP contribution in [0.5, 0.6) is 0 Å². The zero-order valence-corrected chi connectivity index (χ0v) is 7.85.